The average Bonchev–Trinajstić information content (AvgIpc) is 3.02. The largest absolute Gasteiger partial charge is 0.255 e. The van der Waals surface area contributed by atoms with Crippen molar-refractivity contribution < 1.29 is 0 Å². The van der Waals surface area contributed by atoms with Crippen molar-refractivity contribution in [3.05, 3.63) is 131 Å². The minimum atomic E-state index is 0. The molecule has 6 aromatic rings. The SMILES string of the molecule is C.CC.Cc1ccnc(-c2cc(C)cc(-c3cc(C)ccn3)n2)c1.Cc1ccnc(-c2cc(C)cc(-c3ccccn3)n2)c1. The highest BCUT2D eigenvalue weighted by Crippen LogP contribution is 2.24. The van der Waals surface area contributed by atoms with Crippen molar-refractivity contribution in [3.8, 4) is 45.6 Å². The maximum Gasteiger partial charge on any atom is 0.0897 e. The molecule has 6 heteroatoms. The third-order valence-corrected chi connectivity index (χ3v) is 6.40. The third-order valence-electron chi connectivity index (χ3n) is 6.40. The molecule has 0 aromatic carbocycles. The molecule has 0 aliphatic carbocycles. The maximum absolute atomic E-state index is 4.73. The van der Waals surface area contributed by atoms with Crippen molar-refractivity contribution in [1.29, 1.82) is 0 Å². The lowest BCUT2D eigenvalue weighted by molar-refractivity contribution is 1.19. The molecule has 0 aliphatic rings. The summed E-state index contributed by atoms with van der Waals surface area (Å²) in [7, 11) is 0. The van der Waals surface area contributed by atoms with Gasteiger partial charge in [0, 0.05) is 24.8 Å². The second kappa shape index (κ2) is 15.9. The van der Waals surface area contributed by atoms with Crippen molar-refractivity contribution in [3.63, 3.8) is 0 Å². The molecule has 6 nitrogen and oxygen atoms in total. The van der Waals surface area contributed by atoms with Gasteiger partial charge in [-0.05, 0) is 135 Å². The van der Waals surface area contributed by atoms with E-state index in [4.69, 9.17) is 9.97 Å². The summed E-state index contributed by atoms with van der Waals surface area (Å²) in [4.78, 5) is 27.0. The van der Waals surface area contributed by atoms with Crippen molar-refractivity contribution >= 4 is 0 Å². The Hall–Kier alpha value is -5.10. The molecule has 44 heavy (non-hydrogen) atoms. The van der Waals surface area contributed by atoms with E-state index in [1.54, 1.807) is 6.20 Å². The first-order valence-electron chi connectivity index (χ1n) is 14.5. The van der Waals surface area contributed by atoms with E-state index in [9.17, 15) is 0 Å². The summed E-state index contributed by atoms with van der Waals surface area (Å²) in [5, 5.41) is 0. The Bertz CT molecular complexity index is 1730. The zero-order valence-electron chi connectivity index (χ0n) is 26.0. The molecule has 6 heterocycles. The van der Waals surface area contributed by atoms with Crippen LogP contribution in [0.3, 0.4) is 0 Å². The predicted molar refractivity (Wildman–Crippen MR) is 183 cm³/mol. The predicted octanol–water partition coefficient (Wildman–Crippen LogP) is 9.62. The molecular formula is C38H42N6. The van der Waals surface area contributed by atoms with Crippen LogP contribution in [0.25, 0.3) is 45.6 Å². The molecule has 0 amide bonds. The van der Waals surface area contributed by atoms with Gasteiger partial charge in [0.1, 0.15) is 0 Å². The second-order valence-electron chi connectivity index (χ2n) is 10.2. The molecule has 0 fully saturated rings. The molecular weight excluding hydrogens is 540 g/mol. The van der Waals surface area contributed by atoms with Gasteiger partial charge in [-0.15, -0.1) is 0 Å². The summed E-state index contributed by atoms with van der Waals surface area (Å²) in [6.07, 6.45) is 7.23. The van der Waals surface area contributed by atoms with E-state index >= 15 is 0 Å². The topological polar surface area (TPSA) is 77.3 Å². The van der Waals surface area contributed by atoms with Crippen LogP contribution in [0, 0.1) is 34.6 Å². The lowest BCUT2D eigenvalue weighted by atomic mass is 10.1. The van der Waals surface area contributed by atoms with Crippen molar-refractivity contribution in [2.45, 2.75) is 55.9 Å². The van der Waals surface area contributed by atoms with E-state index in [1.165, 1.54) is 16.7 Å². The average molecular weight is 583 g/mol. The van der Waals surface area contributed by atoms with E-state index in [0.29, 0.717) is 0 Å². The van der Waals surface area contributed by atoms with E-state index in [0.717, 1.165) is 56.7 Å². The highest BCUT2D eigenvalue weighted by molar-refractivity contribution is 5.65. The Kier molecular flexibility index (Phi) is 12.1. The van der Waals surface area contributed by atoms with Crippen LogP contribution in [0.15, 0.2) is 104 Å². The lowest BCUT2D eigenvalue weighted by Gasteiger charge is -2.07. The fraction of sp³-hybridized carbons (Fsp3) is 0.211. The second-order valence-corrected chi connectivity index (χ2v) is 10.2. The molecule has 0 bridgehead atoms. The van der Waals surface area contributed by atoms with Crippen LogP contribution >= 0.6 is 0 Å². The zero-order valence-corrected chi connectivity index (χ0v) is 26.0. The zero-order chi connectivity index (χ0) is 30.8. The van der Waals surface area contributed by atoms with Gasteiger partial charge in [-0.2, -0.15) is 0 Å². The Labute approximate surface area is 262 Å². The fourth-order valence-corrected chi connectivity index (χ4v) is 4.40. The lowest BCUT2D eigenvalue weighted by Crippen LogP contribution is -1.94. The van der Waals surface area contributed by atoms with Gasteiger partial charge in [0.15, 0.2) is 0 Å². The number of rotatable bonds is 4. The highest BCUT2D eigenvalue weighted by Gasteiger charge is 2.09. The molecule has 6 rings (SSSR count). The molecule has 0 unspecified atom stereocenters. The van der Waals surface area contributed by atoms with Gasteiger partial charge < -0.3 is 0 Å². The molecule has 6 aromatic heterocycles. The van der Waals surface area contributed by atoms with Gasteiger partial charge in [0.05, 0.1) is 45.6 Å². The maximum atomic E-state index is 4.73. The monoisotopic (exact) mass is 582 g/mol. The number of aryl methyl sites for hydroxylation is 5. The van der Waals surface area contributed by atoms with Gasteiger partial charge >= 0.3 is 0 Å². The van der Waals surface area contributed by atoms with Gasteiger partial charge in [-0.1, -0.05) is 27.3 Å². The Morgan fingerprint density at radius 3 is 0.977 bits per heavy atom. The summed E-state index contributed by atoms with van der Waals surface area (Å²) in [5.41, 5.74) is 12.9. The van der Waals surface area contributed by atoms with Crippen LogP contribution in [0.5, 0.6) is 0 Å². The highest BCUT2D eigenvalue weighted by atomic mass is 14.8. The summed E-state index contributed by atoms with van der Waals surface area (Å²) < 4.78 is 0. The quantitative estimate of drug-likeness (QED) is 0.206. The summed E-state index contributed by atoms with van der Waals surface area (Å²) in [6, 6.07) is 26.2. The van der Waals surface area contributed by atoms with Crippen molar-refractivity contribution in [2.24, 2.45) is 0 Å². The Morgan fingerprint density at radius 1 is 0.341 bits per heavy atom. The van der Waals surface area contributed by atoms with Crippen LogP contribution in [0.4, 0.5) is 0 Å². The van der Waals surface area contributed by atoms with E-state index in [1.807, 2.05) is 87.0 Å². The number of nitrogens with zero attached hydrogens (tertiary/aromatic N) is 6. The molecule has 224 valence electrons. The minimum Gasteiger partial charge on any atom is -0.255 e. The molecule has 0 atom stereocenters. The number of hydrogen-bond acceptors (Lipinski definition) is 6. The first-order chi connectivity index (χ1) is 20.8. The molecule has 0 saturated heterocycles. The number of pyridine rings is 6. The van der Waals surface area contributed by atoms with E-state index in [2.05, 4.69) is 78.8 Å². The van der Waals surface area contributed by atoms with Crippen molar-refractivity contribution in [1.82, 2.24) is 29.9 Å². The number of aromatic nitrogens is 6. The molecule has 0 aliphatic heterocycles. The Balaban J connectivity index is 0.000000223. The Morgan fingerprint density at radius 2 is 0.659 bits per heavy atom. The van der Waals surface area contributed by atoms with Crippen LogP contribution in [-0.2, 0) is 0 Å². The van der Waals surface area contributed by atoms with E-state index in [-0.39, 0.29) is 7.43 Å². The molecule has 0 spiro atoms. The van der Waals surface area contributed by atoms with Crippen LogP contribution in [0.1, 0.15) is 49.1 Å². The van der Waals surface area contributed by atoms with Gasteiger partial charge in [-0.25, -0.2) is 9.97 Å². The normalized spacial score (nSPS) is 9.98. The molecule has 0 radical (unpaired) electrons. The first kappa shape index (κ1) is 33.4. The van der Waals surface area contributed by atoms with Gasteiger partial charge in [0.25, 0.3) is 0 Å². The minimum absolute atomic E-state index is 0. The van der Waals surface area contributed by atoms with Crippen LogP contribution in [-0.4, -0.2) is 29.9 Å². The van der Waals surface area contributed by atoms with Crippen LogP contribution in [0.2, 0.25) is 0 Å². The number of hydrogen-bond donors (Lipinski definition) is 0. The first-order valence-corrected chi connectivity index (χ1v) is 14.5. The standard InChI is InChI=1S/C18H17N3.C17H15N3.C2H6.CH4/c1-12-4-6-19-15(8-12)17-10-14(3)11-18(21-17)16-9-13(2)5-7-20-16;1-12-6-8-19-15(9-12)17-11-13(2)10-16(20-17)14-5-3-4-7-18-14;1-2;/h4-11H,1-3H3;3-11H,1-2H3;1-2H3;1H4. The van der Waals surface area contributed by atoms with Crippen LogP contribution < -0.4 is 0 Å². The van der Waals surface area contributed by atoms with Crippen molar-refractivity contribution in [2.75, 3.05) is 0 Å². The van der Waals surface area contributed by atoms with E-state index < -0.39 is 0 Å². The smallest absolute Gasteiger partial charge is 0.0897 e. The fourth-order valence-electron chi connectivity index (χ4n) is 4.40. The third kappa shape index (κ3) is 8.95. The van der Waals surface area contributed by atoms with Gasteiger partial charge in [0.2, 0.25) is 0 Å². The summed E-state index contributed by atoms with van der Waals surface area (Å²) >= 11 is 0. The summed E-state index contributed by atoms with van der Waals surface area (Å²) in [6.45, 7) is 14.3. The molecule has 0 N–H and O–H groups in total. The molecule has 0 saturated carbocycles. The summed E-state index contributed by atoms with van der Waals surface area (Å²) in [5.74, 6) is 0. The van der Waals surface area contributed by atoms with Gasteiger partial charge in [-0.3, -0.25) is 19.9 Å².